The molecule has 0 saturated carbocycles. The predicted molar refractivity (Wildman–Crippen MR) is 84.8 cm³/mol. The molecule has 0 unspecified atom stereocenters. The molecule has 0 saturated heterocycles. The van der Waals surface area contributed by atoms with Gasteiger partial charge < -0.3 is 0 Å². The number of hydrogen-bond donors (Lipinski definition) is 0. The van der Waals surface area contributed by atoms with E-state index in [9.17, 15) is 0 Å². The van der Waals surface area contributed by atoms with Crippen molar-refractivity contribution in [2.45, 2.75) is 26.2 Å². The van der Waals surface area contributed by atoms with Crippen LogP contribution in [-0.4, -0.2) is 25.0 Å². The van der Waals surface area contributed by atoms with E-state index in [-0.39, 0.29) is 5.41 Å². The SMILES string of the molecule is CC(C)(C)c1cncc2ccc([P+](C)(C)C)cc12. The van der Waals surface area contributed by atoms with Crippen LogP contribution >= 0.6 is 7.26 Å². The van der Waals surface area contributed by atoms with Crippen molar-refractivity contribution in [3.8, 4) is 0 Å². The van der Waals surface area contributed by atoms with Gasteiger partial charge in [-0.3, -0.25) is 4.98 Å². The molecule has 18 heavy (non-hydrogen) atoms. The van der Waals surface area contributed by atoms with Gasteiger partial charge in [-0.2, -0.15) is 0 Å². The zero-order valence-electron chi connectivity index (χ0n) is 12.3. The highest BCUT2D eigenvalue weighted by Crippen LogP contribution is 2.45. The van der Waals surface area contributed by atoms with E-state index in [1.165, 1.54) is 21.6 Å². The summed E-state index contributed by atoms with van der Waals surface area (Å²) in [5.41, 5.74) is 1.48. The first-order chi connectivity index (χ1) is 8.19. The number of pyridine rings is 1. The van der Waals surface area contributed by atoms with Crippen molar-refractivity contribution >= 4 is 23.3 Å². The van der Waals surface area contributed by atoms with E-state index < -0.39 is 7.26 Å². The molecule has 0 N–H and O–H groups in total. The predicted octanol–water partition coefficient (Wildman–Crippen LogP) is 4.06. The van der Waals surface area contributed by atoms with Crippen molar-refractivity contribution < 1.29 is 0 Å². The lowest BCUT2D eigenvalue weighted by Crippen LogP contribution is -2.14. The third-order valence-corrected chi connectivity index (χ3v) is 5.15. The van der Waals surface area contributed by atoms with Gasteiger partial charge in [-0.05, 0) is 34.6 Å². The highest BCUT2D eigenvalue weighted by atomic mass is 31.2. The van der Waals surface area contributed by atoms with E-state index in [0.717, 1.165) is 0 Å². The van der Waals surface area contributed by atoms with E-state index in [1.807, 2.05) is 12.4 Å². The summed E-state index contributed by atoms with van der Waals surface area (Å²) >= 11 is 0. The molecule has 0 spiro atoms. The highest BCUT2D eigenvalue weighted by molar-refractivity contribution is 7.80. The Morgan fingerprint density at radius 2 is 1.67 bits per heavy atom. The zero-order valence-corrected chi connectivity index (χ0v) is 13.2. The summed E-state index contributed by atoms with van der Waals surface area (Å²) < 4.78 is 0. The van der Waals surface area contributed by atoms with E-state index in [1.54, 1.807) is 0 Å². The van der Waals surface area contributed by atoms with Crippen LogP contribution in [0.5, 0.6) is 0 Å². The largest absolute Gasteiger partial charge is 0.264 e. The fourth-order valence-corrected chi connectivity index (χ4v) is 3.20. The van der Waals surface area contributed by atoms with Gasteiger partial charge in [-0.15, -0.1) is 0 Å². The van der Waals surface area contributed by atoms with Crippen molar-refractivity contribution in [3.05, 3.63) is 36.2 Å². The molecule has 1 nitrogen and oxygen atoms in total. The summed E-state index contributed by atoms with van der Waals surface area (Å²) in [7, 11) is -0.965. The quantitative estimate of drug-likeness (QED) is 0.704. The first-order valence-electron chi connectivity index (χ1n) is 6.40. The van der Waals surface area contributed by atoms with Gasteiger partial charge in [0, 0.05) is 25.0 Å². The minimum Gasteiger partial charge on any atom is -0.264 e. The average Bonchev–Trinajstić information content (AvgIpc) is 2.25. The van der Waals surface area contributed by atoms with Gasteiger partial charge in [0.25, 0.3) is 0 Å². The molecule has 0 aliphatic rings. The topological polar surface area (TPSA) is 12.9 Å². The molecule has 0 radical (unpaired) electrons. The molecule has 1 heterocycles. The van der Waals surface area contributed by atoms with Crippen molar-refractivity contribution in [1.82, 2.24) is 4.98 Å². The Labute approximate surface area is 111 Å². The maximum absolute atomic E-state index is 4.38. The number of aromatic nitrogens is 1. The second kappa shape index (κ2) is 4.31. The first kappa shape index (κ1) is 13.5. The average molecular weight is 260 g/mol. The Hall–Kier alpha value is -0.940. The molecule has 2 rings (SSSR count). The van der Waals surface area contributed by atoms with Crippen LogP contribution in [-0.2, 0) is 5.41 Å². The van der Waals surface area contributed by atoms with Crippen LogP contribution in [0.4, 0.5) is 0 Å². The molecule has 2 aromatic rings. The Bertz CT molecular complexity index is 574. The monoisotopic (exact) mass is 260 g/mol. The molecular formula is C16H23NP+. The molecule has 0 amide bonds. The number of rotatable bonds is 1. The summed E-state index contributed by atoms with van der Waals surface area (Å²) in [5.74, 6) is 0. The maximum Gasteiger partial charge on any atom is 0.0937 e. The van der Waals surface area contributed by atoms with Gasteiger partial charge >= 0.3 is 0 Å². The highest BCUT2D eigenvalue weighted by Gasteiger charge is 2.23. The van der Waals surface area contributed by atoms with Crippen LogP contribution in [0.3, 0.4) is 0 Å². The molecule has 2 heteroatoms. The zero-order chi connectivity index (χ0) is 13.6. The molecule has 96 valence electrons. The summed E-state index contributed by atoms with van der Waals surface area (Å²) in [5, 5.41) is 4.11. The smallest absolute Gasteiger partial charge is 0.0937 e. The minimum absolute atomic E-state index is 0.140. The number of hydrogen-bond acceptors (Lipinski definition) is 1. The lowest BCUT2D eigenvalue weighted by Gasteiger charge is -2.21. The Morgan fingerprint density at radius 1 is 1.00 bits per heavy atom. The Morgan fingerprint density at radius 3 is 2.22 bits per heavy atom. The molecule has 1 aromatic carbocycles. The molecular weight excluding hydrogens is 237 g/mol. The molecule has 0 bridgehead atoms. The van der Waals surface area contributed by atoms with E-state index in [2.05, 4.69) is 63.9 Å². The van der Waals surface area contributed by atoms with Crippen LogP contribution in [0.2, 0.25) is 0 Å². The summed E-state index contributed by atoms with van der Waals surface area (Å²) in [4.78, 5) is 4.38. The molecule has 0 aliphatic heterocycles. The van der Waals surface area contributed by atoms with Crippen LogP contribution in [0, 0.1) is 0 Å². The Kier molecular flexibility index (Phi) is 3.23. The van der Waals surface area contributed by atoms with Crippen molar-refractivity contribution in [2.24, 2.45) is 0 Å². The van der Waals surface area contributed by atoms with Crippen molar-refractivity contribution in [2.75, 3.05) is 20.0 Å². The van der Waals surface area contributed by atoms with Gasteiger partial charge in [-0.25, -0.2) is 0 Å². The fourth-order valence-electron chi connectivity index (χ4n) is 2.17. The number of fused-ring (bicyclic) bond motifs is 1. The first-order valence-corrected chi connectivity index (χ1v) is 9.53. The Balaban J connectivity index is 2.74. The van der Waals surface area contributed by atoms with Crippen LogP contribution < -0.4 is 5.30 Å². The lowest BCUT2D eigenvalue weighted by atomic mass is 9.85. The van der Waals surface area contributed by atoms with E-state index in [0.29, 0.717) is 0 Å². The second-order valence-corrected chi connectivity index (χ2v) is 11.4. The molecule has 0 aliphatic carbocycles. The minimum atomic E-state index is -0.965. The van der Waals surface area contributed by atoms with Crippen molar-refractivity contribution in [3.63, 3.8) is 0 Å². The third-order valence-electron chi connectivity index (χ3n) is 3.33. The van der Waals surface area contributed by atoms with E-state index >= 15 is 0 Å². The van der Waals surface area contributed by atoms with Crippen LogP contribution in [0.1, 0.15) is 26.3 Å². The summed E-state index contributed by atoms with van der Waals surface area (Å²) in [6.45, 7) is 13.9. The normalized spacial score (nSPS) is 13.0. The maximum atomic E-state index is 4.38. The van der Waals surface area contributed by atoms with Gasteiger partial charge in [0.05, 0.1) is 25.3 Å². The molecule has 0 fully saturated rings. The third kappa shape index (κ3) is 2.57. The van der Waals surface area contributed by atoms with E-state index in [4.69, 9.17) is 0 Å². The van der Waals surface area contributed by atoms with Crippen molar-refractivity contribution in [1.29, 1.82) is 0 Å². The molecule has 1 aromatic heterocycles. The lowest BCUT2D eigenvalue weighted by molar-refractivity contribution is 0.593. The standard InChI is InChI=1S/C16H23NP/c1-16(2,3)15-11-17-10-12-7-8-13(9-14(12)15)18(4,5)6/h7-11H,1-6H3/q+1. The van der Waals surface area contributed by atoms with Crippen LogP contribution in [0.25, 0.3) is 10.8 Å². The molecule has 0 atom stereocenters. The second-order valence-electron chi connectivity index (χ2n) is 6.85. The van der Waals surface area contributed by atoms with Gasteiger partial charge in [0.2, 0.25) is 0 Å². The van der Waals surface area contributed by atoms with Gasteiger partial charge in [0.1, 0.15) is 0 Å². The summed E-state index contributed by atoms with van der Waals surface area (Å²) in [6, 6.07) is 6.87. The number of benzene rings is 1. The number of nitrogens with zero attached hydrogens (tertiary/aromatic N) is 1. The van der Waals surface area contributed by atoms with Gasteiger partial charge in [0.15, 0.2) is 0 Å². The van der Waals surface area contributed by atoms with Gasteiger partial charge in [-0.1, -0.05) is 20.8 Å². The van der Waals surface area contributed by atoms with Crippen LogP contribution in [0.15, 0.2) is 30.6 Å². The fraction of sp³-hybridized carbons (Fsp3) is 0.438. The summed E-state index contributed by atoms with van der Waals surface area (Å²) in [6.07, 6.45) is 3.99.